The van der Waals surface area contributed by atoms with Gasteiger partial charge in [0.05, 0.1) is 0 Å². The molecule has 4 nitrogen and oxygen atoms in total. The molecule has 4 heteroatoms. The van der Waals surface area contributed by atoms with Crippen molar-refractivity contribution in [1.82, 2.24) is 0 Å². The van der Waals surface area contributed by atoms with E-state index in [9.17, 15) is 0 Å². The number of aryl methyl sites for hydroxylation is 2. The zero-order valence-electron chi connectivity index (χ0n) is 33.5. The molecule has 0 fully saturated rings. The molecule has 0 saturated carbocycles. The summed E-state index contributed by atoms with van der Waals surface area (Å²) in [6.45, 7) is 8.80. The van der Waals surface area contributed by atoms with E-state index in [4.69, 9.17) is 8.83 Å². The molecule has 0 spiro atoms. The molecule has 0 N–H and O–H groups in total. The Labute approximate surface area is 343 Å². The number of fused-ring (bicyclic) bond motifs is 8. The Kier molecular flexibility index (Phi) is 8.09. The van der Waals surface area contributed by atoms with Crippen molar-refractivity contribution >= 4 is 99.5 Å². The lowest BCUT2D eigenvalue weighted by molar-refractivity contribution is 0.638. The number of anilines is 6. The fourth-order valence-electron chi connectivity index (χ4n) is 9.07. The van der Waals surface area contributed by atoms with Crippen LogP contribution >= 0.6 is 0 Å². The highest BCUT2D eigenvalue weighted by Crippen LogP contribution is 2.46. The molecule has 0 radical (unpaired) electrons. The van der Waals surface area contributed by atoms with Crippen molar-refractivity contribution in [2.24, 2.45) is 0 Å². The Balaban J connectivity index is 1.06. The topological polar surface area (TPSA) is 32.8 Å². The second kappa shape index (κ2) is 13.7. The summed E-state index contributed by atoms with van der Waals surface area (Å²) in [5.74, 6) is 0.173. The maximum atomic E-state index is 6.88. The third-order valence-electron chi connectivity index (χ3n) is 12.0. The van der Waals surface area contributed by atoms with Crippen LogP contribution < -0.4 is 9.80 Å². The van der Waals surface area contributed by atoms with Gasteiger partial charge in [-0.2, -0.15) is 0 Å². The van der Waals surface area contributed by atoms with Crippen molar-refractivity contribution in [1.29, 1.82) is 0 Å². The van der Waals surface area contributed by atoms with Gasteiger partial charge in [0, 0.05) is 61.2 Å². The number of hydrogen-bond acceptors (Lipinski definition) is 4. The lowest BCUT2D eigenvalue weighted by atomic mass is 9.95. The lowest BCUT2D eigenvalue weighted by Crippen LogP contribution is -2.11. The van der Waals surface area contributed by atoms with E-state index in [0.29, 0.717) is 0 Å². The molecule has 0 aliphatic carbocycles. The molecule has 284 valence electrons. The van der Waals surface area contributed by atoms with Crippen LogP contribution in [0.4, 0.5) is 34.1 Å². The van der Waals surface area contributed by atoms with Crippen molar-refractivity contribution in [3.8, 4) is 0 Å². The average molecular weight is 763 g/mol. The van der Waals surface area contributed by atoms with Crippen molar-refractivity contribution in [3.63, 3.8) is 0 Å². The van der Waals surface area contributed by atoms with Gasteiger partial charge in [-0.25, -0.2) is 0 Å². The first-order valence-electron chi connectivity index (χ1n) is 20.4. The van der Waals surface area contributed by atoms with Gasteiger partial charge in [-0.15, -0.1) is 0 Å². The molecule has 11 rings (SSSR count). The number of benzene rings is 9. The highest BCUT2D eigenvalue weighted by atomic mass is 16.3. The number of para-hydroxylation sites is 4. The van der Waals surface area contributed by atoms with Crippen LogP contribution in [0.3, 0.4) is 0 Å². The summed E-state index contributed by atoms with van der Waals surface area (Å²) in [7, 11) is 0. The van der Waals surface area contributed by atoms with Gasteiger partial charge in [0.25, 0.3) is 0 Å². The number of nitrogens with zero attached hydrogens (tertiary/aromatic N) is 2. The molecule has 0 unspecified atom stereocenters. The minimum absolute atomic E-state index is 0.173. The molecular formula is C55H42N2O2. The molecule has 2 heterocycles. The normalized spacial score (nSPS) is 11.9. The Morgan fingerprint density at radius 3 is 1.22 bits per heavy atom. The van der Waals surface area contributed by atoms with E-state index >= 15 is 0 Å². The summed E-state index contributed by atoms with van der Waals surface area (Å²) in [5.41, 5.74) is 13.8. The molecular weight excluding hydrogens is 721 g/mol. The van der Waals surface area contributed by atoms with E-state index in [1.165, 1.54) is 21.9 Å². The minimum atomic E-state index is 0.173. The highest BCUT2D eigenvalue weighted by Gasteiger charge is 2.23. The van der Waals surface area contributed by atoms with Gasteiger partial charge in [-0.3, -0.25) is 0 Å². The van der Waals surface area contributed by atoms with Gasteiger partial charge in [-0.1, -0.05) is 98.8 Å². The van der Waals surface area contributed by atoms with Gasteiger partial charge >= 0.3 is 0 Å². The van der Waals surface area contributed by atoms with Gasteiger partial charge in [0.2, 0.25) is 0 Å². The summed E-state index contributed by atoms with van der Waals surface area (Å²) >= 11 is 0. The van der Waals surface area contributed by atoms with Crippen LogP contribution in [0.5, 0.6) is 0 Å². The van der Waals surface area contributed by atoms with Crippen molar-refractivity contribution in [2.75, 3.05) is 9.80 Å². The molecule has 0 amide bonds. The fraction of sp³-hybridized carbons (Fsp3) is 0.0909. The zero-order valence-corrected chi connectivity index (χ0v) is 33.5. The molecule has 59 heavy (non-hydrogen) atoms. The SMILES string of the molecule is Cc1ccccc1N(c1ccccc1)c1ccc2cc3c(cc2c1)oc1c(C(C)C)c2oc4cc5cc(N(c6ccccc6)c6ccccc6C)ccc5cc4c2cc13. The maximum Gasteiger partial charge on any atom is 0.142 e. The van der Waals surface area contributed by atoms with E-state index < -0.39 is 0 Å². The van der Waals surface area contributed by atoms with Gasteiger partial charge < -0.3 is 18.6 Å². The Bertz CT molecular complexity index is 3170. The Morgan fingerprint density at radius 2 is 0.797 bits per heavy atom. The highest BCUT2D eigenvalue weighted by molar-refractivity contribution is 6.20. The molecule has 2 aromatic heterocycles. The largest absolute Gasteiger partial charge is 0.456 e. The van der Waals surface area contributed by atoms with Crippen molar-refractivity contribution < 1.29 is 8.83 Å². The quantitative estimate of drug-likeness (QED) is 0.162. The first kappa shape index (κ1) is 34.9. The van der Waals surface area contributed by atoms with Crippen LogP contribution in [-0.4, -0.2) is 0 Å². The first-order chi connectivity index (χ1) is 28.9. The Morgan fingerprint density at radius 1 is 0.373 bits per heavy atom. The third-order valence-corrected chi connectivity index (χ3v) is 12.0. The van der Waals surface area contributed by atoms with Crippen LogP contribution in [-0.2, 0) is 0 Å². The first-order valence-corrected chi connectivity index (χ1v) is 20.4. The zero-order chi connectivity index (χ0) is 39.8. The standard InChI is InChI=1S/C55H42N2O2/c1-34(2)53-54-47(45-29-37-23-25-43(27-39(37)31-51(45)58-54)56(41-17-7-5-8-18-41)49-21-13-11-15-35(49)3)33-48-46-30-38-24-26-44(28-40(38)32-52(46)59-55(48)53)57(42-19-9-6-10-20-42)50-22-14-12-16-36(50)4/h5-34H,1-4H3. The molecule has 0 bridgehead atoms. The van der Waals surface area contributed by atoms with E-state index in [1.807, 2.05) is 0 Å². The van der Waals surface area contributed by atoms with Crippen LogP contribution in [0.25, 0.3) is 65.4 Å². The average Bonchev–Trinajstić information content (AvgIpc) is 3.79. The third kappa shape index (κ3) is 5.74. The molecule has 0 atom stereocenters. The summed E-state index contributed by atoms with van der Waals surface area (Å²) < 4.78 is 13.8. The summed E-state index contributed by atoms with van der Waals surface area (Å²) in [6.07, 6.45) is 0. The van der Waals surface area contributed by atoms with Crippen molar-refractivity contribution in [2.45, 2.75) is 33.6 Å². The van der Waals surface area contributed by atoms with E-state index in [1.54, 1.807) is 0 Å². The summed E-state index contributed by atoms with van der Waals surface area (Å²) in [6, 6.07) is 63.1. The molecule has 9 aromatic carbocycles. The number of hydrogen-bond donors (Lipinski definition) is 0. The second-order valence-corrected chi connectivity index (χ2v) is 16.1. The van der Waals surface area contributed by atoms with E-state index in [-0.39, 0.29) is 5.92 Å². The van der Waals surface area contributed by atoms with Crippen LogP contribution in [0.1, 0.15) is 36.5 Å². The number of furan rings is 2. The van der Waals surface area contributed by atoms with E-state index in [0.717, 1.165) is 94.3 Å². The molecule has 0 aliphatic heterocycles. The lowest BCUT2D eigenvalue weighted by Gasteiger charge is -2.27. The van der Waals surface area contributed by atoms with Gasteiger partial charge in [-0.05, 0) is 143 Å². The van der Waals surface area contributed by atoms with Crippen LogP contribution in [0.2, 0.25) is 0 Å². The minimum Gasteiger partial charge on any atom is -0.456 e. The molecule has 0 saturated heterocycles. The van der Waals surface area contributed by atoms with E-state index in [2.05, 4.69) is 213 Å². The summed E-state index contributed by atoms with van der Waals surface area (Å²) in [4.78, 5) is 4.67. The van der Waals surface area contributed by atoms with Gasteiger partial charge in [0.15, 0.2) is 0 Å². The second-order valence-electron chi connectivity index (χ2n) is 16.1. The number of rotatable bonds is 7. The van der Waals surface area contributed by atoms with Crippen LogP contribution in [0.15, 0.2) is 185 Å². The van der Waals surface area contributed by atoms with Gasteiger partial charge in [0.1, 0.15) is 22.3 Å². The van der Waals surface area contributed by atoms with Crippen LogP contribution in [0, 0.1) is 13.8 Å². The molecule has 11 aromatic rings. The Hall–Kier alpha value is -7.30. The maximum absolute atomic E-state index is 6.88. The predicted molar refractivity (Wildman–Crippen MR) is 249 cm³/mol. The smallest absolute Gasteiger partial charge is 0.142 e. The monoisotopic (exact) mass is 762 g/mol. The summed E-state index contributed by atoms with van der Waals surface area (Å²) in [5, 5.41) is 9.04. The van der Waals surface area contributed by atoms with Crippen molar-refractivity contribution in [3.05, 3.63) is 193 Å². The fourth-order valence-corrected chi connectivity index (χ4v) is 9.07. The molecule has 0 aliphatic rings. The predicted octanol–water partition coefficient (Wildman–Crippen LogP) is 16.5.